The summed E-state index contributed by atoms with van der Waals surface area (Å²) in [6.07, 6.45) is 5.59. The number of phenolic OH excluding ortho intramolecular Hbond substituents is 2. The first kappa shape index (κ1) is 18.1. The molecule has 0 amide bonds. The second-order valence-corrected chi connectivity index (χ2v) is 6.67. The number of rotatable bonds is 6. The van der Waals surface area contributed by atoms with Gasteiger partial charge in [0.25, 0.3) is 0 Å². The Balaban J connectivity index is 2.47. The van der Waals surface area contributed by atoms with Gasteiger partial charge in [0.1, 0.15) is 11.5 Å². The standard InChI is InChI=1S/C20H26O4/c1-4-5-6-13-9-17(21)19(18(22)10-13)16-11-14(20(23)24)7-8-15(16)12(2)3/h9-11,15-16,21-22H,2,4-8H2,1,3H3,(H,23,24)/t15-,16+/m0/s1. The number of carboxylic acid groups (broad SMARTS) is 1. The minimum atomic E-state index is -0.946. The molecule has 130 valence electrons. The number of benzene rings is 1. The molecule has 24 heavy (non-hydrogen) atoms. The van der Waals surface area contributed by atoms with E-state index >= 15 is 0 Å². The van der Waals surface area contributed by atoms with E-state index in [-0.39, 0.29) is 23.3 Å². The maximum Gasteiger partial charge on any atom is 0.331 e. The van der Waals surface area contributed by atoms with Gasteiger partial charge in [0.15, 0.2) is 0 Å². The molecule has 0 fully saturated rings. The molecule has 2 atom stereocenters. The van der Waals surface area contributed by atoms with Gasteiger partial charge in [0.2, 0.25) is 0 Å². The summed E-state index contributed by atoms with van der Waals surface area (Å²) in [5.41, 5.74) is 2.54. The molecule has 0 aromatic heterocycles. The molecular weight excluding hydrogens is 304 g/mol. The maximum atomic E-state index is 11.3. The second kappa shape index (κ2) is 7.56. The summed E-state index contributed by atoms with van der Waals surface area (Å²) in [5, 5.41) is 30.3. The van der Waals surface area contributed by atoms with Crippen molar-refractivity contribution >= 4 is 5.97 Å². The van der Waals surface area contributed by atoms with Crippen molar-refractivity contribution < 1.29 is 20.1 Å². The van der Waals surface area contributed by atoms with Crippen LogP contribution in [0, 0.1) is 5.92 Å². The smallest absolute Gasteiger partial charge is 0.331 e. The van der Waals surface area contributed by atoms with Crippen LogP contribution in [0.15, 0.2) is 35.9 Å². The first-order valence-electron chi connectivity index (χ1n) is 8.49. The third kappa shape index (κ3) is 3.81. The van der Waals surface area contributed by atoms with Gasteiger partial charge in [-0.05, 0) is 56.2 Å². The van der Waals surface area contributed by atoms with Gasteiger partial charge in [0.05, 0.1) is 0 Å². The summed E-state index contributed by atoms with van der Waals surface area (Å²) in [4.78, 5) is 11.3. The molecule has 0 saturated carbocycles. The quantitative estimate of drug-likeness (QED) is 0.670. The Morgan fingerprint density at radius 2 is 1.92 bits per heavy atom. The SMILES string of the molecule is C=C(C)[C@@H]1CCC(C(=O)O)=C[C@H]1c1c(O)cc(CCCC)cc1O. The summed E-state index contributed by atoms with van der Waals surface area (Å²) in [7, 11) is 0. The molecule has 0 bridgehead atoms. The van der Waals surface area contributed by atoms with E-state index in [0.717, 1.165) is 30.4 Å². The van der Waals surface area contributed by atoms with E-state index in [4.69, 9.17) is 0 Å². The number of carboxylic acids is 1. The Labute approximate surface area is 143 Å². The fraction of sp³-hybridized carbons (Fsp3) is 0.450. The van der Waals surface area contributed by atoms with Crippen molar-refractivity contribution in [1.29, 1.82) is 0 Å². The van der Waals surface area contributed by atoms with E-state index in [2.05, 4.69) is 13.5 Å². The number of hydrogen-bond donors (Lipinski definition) is 3. The summed E-state index contributed by atoms with van der Waals surface area (Å²) < 4.78 is 0. The fourth-order valence-corrected chi connectivity index (χ4v) is 3.47. The van der Waals surface area contributed by atoms with Crippen LogP contribution in [-0.4, -0.2) is 21.3 Å². The van der Waals surface area contributed by atoms with Gasteiger partial charge in [0, 0.05) is 17.1 Å². The van der Waals surface area contributed by atoms with Crippen molar-refractivity contribution in [1.82, 2.24) is 0 Å². The van der Waals surface area contributed by atoms with Crippen molar-refractivity contribution in [2.75, 3.05) is 0 Å². The molecule has 1 aliphatic carbocycles. The Morgan fingerprint density at radius 3 is 2.42 bits per heavy atom. The van der Waals surface area contributed by atoms with Crippen molar-refractivity contribution in [2.24, 2.45) is 5.92 Å². The molecule has 2 rings (SSSR count). The van der Waals surface area contributed by atoms with Crippen LogP contribution >= 0.6 is 0 Å². The molecule has 0 radical (unpaired) electrons. The van der Waals surface area contributed by atoms with Crippen molar-refractivity contribution in [3.8, 4) is 11.5 Å². The normalized spacial score (nSPS) is 20.5. The minimum Gasteiger partial charge on any atom is -0.507 e. The number of unbranched alkanes of at least 4 members (excludes halogenated alkanes) is 1. The zero-order valence-corrected chi connectivity index (χ0v) is 14.4. The van der Waals surface area contributed by atoms with Crippen LogP contribution in [0.5, 0.6) is 11.5 Å². The average molecular weight is 330 g/mol. The molecule has 4 nitrogen and oxygen atoms in total. The van der Waals surface area contributed by atoms with Gasteiger partial charge < -0.3 is 15.3 Å². The van der Waals surface area contributed by atoms with E-state index in [1.807, 2.05) is 6.92 Å². The lowest BCUT2D eigenvalue weighted by atomic mass is 9.73. The van der Waals surface area contributed by atoms with Gasteiger partial charge in [-0.15, -0.1) is 0 Å². The number of phenols is 2. The van der Waals surface area contributed by atoms with Crippen molar-refractivity contribution in [3.05, 3.63) is 47.1 Å². The monoisotopic (exact) mass is 330 g/mol. The lowest BCUT2D eigenvalue weighted by Gasteiger charge is -2.31. The van der Waals surface area contributed by atoms with E-state index in [1.165, 1.54) is 0 Å². The fourth-order valence-electron chi connectivity index (χ4n) is 3.47. The van der Waals surface area contributed by atoms with Crippen molar-refractivity contribution in [2.45, 2.75) is 51.9 Å². The predicted molar refractivity (Wildman–Crippen MR) is 94.4 cm³/mol. The Kier molecular flexibility index (Phi) is 5.71. The molecule has 1 aromatic carbocycles. The molecule has 0 saturated heterocycles. The summed E-state index contributed by atoms with van der Waals surface area (Å²) in [5.74, 6) is -1.26. The van der Waals surface area contributed by atoms with Gasteiger partial charge in [-0.1, -0.05) is 31.6 Å². The molecule has 1 aromatic rings. The molecule has 0 spiro atoms. The van der Waals surface area contributed by atoms with Gasteiger partial charge in [-0.2, -0.15) is 0 Å². The molecule has 0 aliphatic heterocycles. The van der Waals surface area contributed by atoms with Crippen LogP contribution in [0.25, 0.3) is 0 Å². The van der Waals surface area contributed by atoms with Gasteiger partial charge in [-0.3, -0.25) is 0 Å². The van der Waals surface area contributed by atoms with Crippen LogP contribution in [-0.2, 0) is 11.2 Å². The summed E-state index contributed by atoms with van der Waals surface area (Å²) >= 11 is 0. The highest BCUT2D eigenvalue weighted by atomic mass is 16.4. The third-order valence-electron chi connectivity index (χ3n) is 4.80. The first-order valence-corrected chi connectivity index (χ1v) is 8.49. The molecule has 0 unspecified atom stereocenters. The number of aliphatic carboxylic acids is 1. The number of carbonyl (C=O) groups is 1. The van der Waals surface area contributed by atoms with Crippen LogP contribution in [0.1, 0.15) is 56.6 Å². The highest BCUT2D eigenvalue weighted by Gasteiger charge is 2.32. The summed E-state index contributed by atoms with van der Waals surface area (Å²) in [6.45, 7) is 7.99. The van der Waals surface area contributed by atoms with Crippen LogP contribution in [0.2, 0.25) is 0 Å². The van der Waals surface area contributed by atoms with E-state index in [1.54, 1.807) is 18.2 Å². The van der Waals surface area contributed by atoms with Crippen LogP contribution < -0.4 is 0 Å². The maximum absolute atomic E-state index is 11.3. The largest absolute Gasteiger partial charge is 0.507 e. The minimum absolute atomic E-state index is 0.00592. The molecule has 3 N–H and O–H groups in total. The number of allylic oxidation sites excluding steroid dienone is 2. The van der Waals surface area contributed by atoms with Gasteiger partial charge in [-0.25, -0.2) is 4.79 Å². The summed E-state index contributed by atoms with van der Waals surface area (Å²) in [6, 6.07) is 3.37. The Bertz CT molecular complexity index is 649. The number of hydrogen-bond acceptors (Lipinski definition) is 3. The second-order valence-electron chi connectivity index (χ2n) is 6.67. The van der Waals surface area contributed by atoms with Gasteiger partial charge >= 0.3 is 5.97 Å². The Morgan fingerprint density at radius 1 is 1.29 bits per heavy atom. The molecule has 4 heteroatoms. The Hall–Kier alpha value is -2.23. The zero-order chi connectivity index (χ0) is 17.9. The zero-order valence-electron chi connectivity index (χ0n) is 14.4. The average Bonchev–Trinajstić information content (AvgIpc) is 2.51. The third-order valence-corrected chi connectivity index (χ3v) is 4.80. The first-order chi connectivity index (χ1) is 11.3. The number of aryl methyl sites for hydroxylation is 1. The number of aromatic hydroxyl groups is 2. The van der Waals surface area contributed by atoms with Crippen LogP contribution in [0.4, 0.5) is 0 Å². The van der Waals surface area contributed by atoms with Crippen LogP contribution in [0.3, 0.4) is 0 Å². The lowest BCUT2D eigenvalue weighted by molar-refractivity contribution is -0.133. The lowest BCUT2D eigenvalue weighted by Crippen LogP contribution is -2.20. The van der Waals surface area contributed by atoms with E-state index in [0.29, 0.717) is 24.0 Å². The molecule has 0 heterocycles. The topological polar surface area (TPSA) is 77.8 Å². The van der Waals surface area contributed by atoms with Crippen molar-refractivity contribution in [3.63, 3.8) is 0 Å². The van der Waals surface area contributed by atoms with E-state index in [9.17, 15) is 20.1 Å². The molecular formula is C20H26O4. The van der Waals surface area contributed by atoms with E-state index < -0.39 is 5.97 Å². The highest BCUT2D eigenvalue weighted by molar-refractivity contribution is 5.87. The highest BCUT2D eigenvalue weighted by Crippen LogP contribution is 2.46. The molecule has 1 aliphatic rings. The predicted octanol–water partition coefficient (Wildman–Crippen LogP) is 4.52.